The molecule has 130 valence electrons. The molecule has 0 N–H and O–H groups in total. The monoisotopic (exact) mass is 356 g/mol. The van der Waals surface area contributed by atoms with Crippen molar-refractivity contribution in [3.8, 4) is 0 Å². The Morgan fingerprint density at radius 3 is 2.76 bits per heavy atom. The van der Waals surface area contributed by atoms with Crippen LogP contribution in [0.15, 0.2) is 41.4 Å². The van der Waals surface area contributed by atoms with Crippen LogP contribution in [0.3, 0.4) is 0 Å². The first-order valence-corrected chi connectivity index (χ1v) is 9.26. The van der Waals surface area contributed by atoms with E-state index >= 15 is 0 Å². The Labute approximate surface area is 150 Å². The summed E-state index contributed by atoms with van der Waals surface area (Å²) in [6, 6.07) is 5.48. The van der Waals surface area contributed by atoms with Gasteiger partial charge in [-0.05, 0) is 37.0 Å². The topological polar surface area (TPSA) is 56.8 Å². The third-order valence-corrected chi connectivity index (χ3v) is 5.97. The van der Waals surface area contributed by atoms with Crippen LogP contribution in [0.2, 0.25) is 0 Å². The van der Waals surface area contributed by atoms with Crippen molar-refractivity contribution in [2.45, 2.75) is 12.0 Å². The van der Waals surface area contributed by atoms with Gasteiger partial charge in [-0.15, -0.1) is 0 Å². The fourth-order valence-corrected chi connectivity index (χ4v) is 4.39. The first kappa shape index (κ1) is 16.2. The molecule has 0 unspecified atom stereocenters. The molecule has 2 aromatic rings. The van der Waals surface area contributed by atoms with E-state index in [1.165, 1.54) is 0 Å². The number of pyridine rings is 1. The predicted molar refractivity (Wildman–Crippen MR) is 96.8 cm³/mol. The van der Waals surface area contributed by atoms with Gasteiger partial charge in [-0.1, -0.05) is 0 Å². The average Bonchev–Trinajstić information content (AvgIpc) is 3.29. The molecule has 1 spiro atoms. The molecule has 1 atom stereocenters. The molecule has 2 amide bonds. The number of aromatic nitrogens is 1. The van der Waals surface area contributed by atoms with E-state index in [2.05, 4.69) is 9.88 Å². The maximum absolute atomic E-state index is 12.8. The largest absolute Gasteiger partial charge is 0.337 e. The van der Waals surface area contributed by atoms with E-state index in [0.717, 1.165) is 12.1 Å². The maximum Gasteiger partial charge on any atom is 0.254 e. The highest BCUT2D eigenvalue weighted by atomic mass is 32.1. The number of hydrogen-bond acceptors (Lipinski definition) is 5. The van der Waals surface area contributed by atoms with Gasteiger partial charge in [-0.2, -0.15) is 11.3 Å². The van der Waals surface area contributed by atoms with Crippen LogP contribution in [-0.4, -0.2) is 65.4 Å². The molecule has 4 rings (SSSR count). The smallest absolute Gasteiger partial charge is 0.254 e. The predicted octanol–water partition coefficient (Wildman–Crippen LogP) is 1.71. The van der Waals surface area contributed by atoms with Crippen molar-refractivity contribution in [3.05, 3.63) is 46.9 Å². The minimum absolute atomic E-state index is 0.0339. The molecule has 0 aromatic carbocycles. The lowest BCUT2D eigenvalue weighted by molar-refractivity contribution is -0.123. The number of carbonyl (C=O) groups is 2. The summed E-state index contributed by atoms with van der Waals surface area (Å²) in [4.78, 5) is 35.1. The Kier molecular flexibility index (Phi) is 4.05. The SMILES string of the molecule is CN1CC(=O)N(c2ccsc2)C[C@@]12CCN(C(=O)c1ccncc1)C2. The van der Waals surface area contributed by atoms with Gasteiger partial charge in [-0.25, -0.2) is 0 Å². The molecule has 2 aromatic heterocycles. The second-order valence-electron chi connectivity index (χ2n) is 6.75. The number of hydrogen-bond donors (Lipinski definition) is 0. The number of anilines is 1. The van der Waals surface area contributed by atoms with Crippen molar-refractivity contribution in [2.24, 2.45) is 0 Å². The molecule has 0 saturated carbocycles. The van der Waals surface area contributed by atoms with E-state index in [9.17, 15) is 9.59 Å². The Balaban J connectivity index is 1.55. The third kappa shape index (κ3) is 2.83. The van der Waals surface area contributed by atoms with Crippen LogP contribution in [0.4, 0.5) is 5.69 Å². The van der Waals surface area contributed by atoms with Crippen LogP contribution < -0.4 is 4.90 Å². The number of thiophene rings is 1. The highest BCUT2D eigenvalue weighted by Crippen LogP contribution is 2.34. The zero-order chi connectivity index (χ0) is 17.4. The quantitative estimate of drug-likeness (QED) is 0.822. The molecule has 7 heteroatoms. The van der Waals surface area contributed by atoms with Crippen molar-refractivity contribution >= 4 is 28.8 Å². The van der Waals surface area contributed by atoms with Gasteiger partial charge in [0.25, 0.3) is 5.91 Å². The molecule has 4 heterocycles. The molecular formula is C18H20N4O2S. The zero-order valence-electron chi connectivity index (χ0n) is 14.1. The van der Waals surface area contributed by atoms with Crippen LogP contribution in [-0.2, 0) is 4.79 Å². The molecule has 0 bridgehead atoms. The van der Waals surface area contributed by atoms with Crippen molar-refractivity contribution in [2.75, 3.05) is 38.1 Å². The van der Waals surface area contributed by atoms with Crippen molar-refractivity contribution in [1.29, 1.82) is 0 Å². The van der Waals surface area contributed by atoms with Gasteiger partial charge in [0.15, 0.2) is 0 Å². The van der Waals surface area contributed by atoms with Crippen molar-refractivity contribution < 1.29 is 9.59 Å². The van der Waals surface area contributed by atoms with Crippen LogP contribution in [0, 0.1) is 0 Å². The molecule has 25 heavy (non-hydrogen) atoms. The second kappa shape index (κ2) is 6.24. The van der Waals surface area contributed by atoms with Crippen LogP contribution in [0.1, 0.15) is 16.8 Å². The summed E-state index contributed by atoms with van der Waals surface area (Å²) >= 11 is 1.59. The standard InChI is InChI=1S/C18H20N4O2S/c1-20-10-16(23)22(15-4-9-25-11-15)13-18(20)5-8-21(12-18)17(24)14-2-6-19-7-3-14/h2-4,6-7,9,11H,5,8,10,12-13H2,1H3/t18-/m0/s1. The average molecular weight is 356 g/mol. The first-order chi connectivity index (χ1) is 12.1. The number of rotatable bonds is 2. The van der Waals surface area contributed by atoms with Gasteiger partial charge in [-0.3, -0.25) is 19.5 Å². The van der Waals surface area contributed by atoms with Crippen LogP contribution in [0.25, 0.3) is 0 Å². The molecule has 0 radical (unpaired) electrons. The fraction of sp³-hybridized carbons (Fsp3) is 0.389. The van der Waals surface area contributed by atoms with Gasteiger partial charge >= 0.3 is 0 Å². The summed E-state index contributed by atoms with van der Waals surface area (Å²) in [5.74, 6) is 0.150. The lowest BCUT2D eigenvalue weighted by Crippen LogP contribution is -2.64. The number of carbonyl (C=O) groups excluding carboxylic acids is 2. The number of likely N-dealkylation sites (tertiary alicyclic amines) is 1. The van der Waals surface area contributed by atoms with Crippen molar-refractivity contribution in [3.63, 3.8) is 0 Å². The first-order valence-electron chi connectivity index (χ1n) is 8.32. The van der Waals surface area contributed by atoms with Crippen LogP contribution >= 0.6 is 11.3 Å². The summed E-state index contributed by atoms with van der Waals surface area (Å²) < 4.78 is 0. The van der Waals surface area contributed by atoms with E-state index in [4.69, 9.17) is 0 Å². The highest BCUT2D eigenvalue weighted by molar-refractivity contribution is 7.08. The highest BCUT2D eigenvalue weighted by Gasteiger charge is 2.48. The number of nitrogens with zero attached hydrogens (tertiary/aromatic N) is 4. The Hall–Kier alpha value is -2.25. The number of amides is 2. The molecule has 2 aliphatic rings. The van der Waals surface area contributed by atoms with E-state index in [1.807, 2.05) is 33.7 Å². The van der Waals surface area contributed by atoms with E-state index < -0.39 is 0 Å². The van der Waals surface area contributed by atoms with E-state index in [1.54, 1.807) is 35.9 Å². The summed E-state index contributed by atoms with van der Waals surface area (Å²) in [6.45, 7) is 2.35. The summed E-state index contributed by atoms with van der Waals surface area (Å²) in [5, 5.41) is 3.99. The minimum atomic E-state index is -0.182. The number of likely N-dealkylation sites (N-methyl/N-ethyl adjacent to an activating group) is 1. The number of piperazine rings is 1. The van der Waals surface area contributed by atoms with Gasteiger partial charge < -0.3 is 9.80 Å². The summed E-state index contributed by atoms with van der Waals surface area (Å²) in [6.07, 6.45) is 4.15. The Morgan fingerprint density at radius 2 is 2.04 bits per heavy atom. The Morgan fingerprint density at radius 1 is 1.24 bits per heavy atom. The lowest BCUT2D eigenvalue weighted by atomic mass is 9.93. The summed E-state index contributed by atoms with van der Waals surface area (Å²) in [7, 11) is 1.99. The van der Waals surface area contributed by atoms with Crippen LogP contribution in [0.5, 0.6) is 0 Å². The van der Waals surface area contributed by atoms with Gasteiger partial charge in [0.1, 0.15) is 0 Å². The van der Waals surface area contributed by atoms with E-state index in [0.29, 0.717) is 31.7 Å². The second-order valence-corrected chi connectivity index (χ2v) is 7.53. The fourth-order valence-electron chi connectivity index (χ4n) is 3.75. The third-order valence-electron chi connectivity index (χ3n) is 5.30. The van der Waals surface area contributed by atoms with Gasteiger partial charge in [0.2, 0.25) is 5.91 Å². The van der Waals surface area contributed by atoms with Gasteiger partial charge in [0, 0.05) is 43.0 Å². The molecule has 2 saturated heterocycles. The molecular weight excluding hydrogens is 336 g/mol. The van der Waals surface area contributed by atoms with Crippen molar-refractivity contribution in [1.82, 2.24) is 14.8 Å². The molecule has 2 aliphatic heterocycles. The lowest BCUT2D eigenvalue weighted by Gasteiger charge is -2.46. The maximum atomic E-state index is 12.8. The molecule has 6 nitrogen and oxygen atoms in total. The van der Waals surface area contributed by atoms with E-state index in [-0.39, 0.29) is 17.4 Å². The molecule has 0 aliphatic carbocycles. The zero-order valence-corrected chi connectivity index (χ0v) is 14.9. The normalized spacial score (nSPS) is 24.3. The Bertz CT molecular complexity index is 780. The summed E-state index contributed by atoms with van der Waals surface area (Å²) in [5.41, 5.74) is 1.44. The van der Waals surface area contributed by atoms with Gasteiger partial charge in [0.05, 0.1) is 17.8 Å². The minimum Gasteiger partial charge on any atom is -0.337 e. The molecule has 2 fully saturated rings.